The second-order valence-electron chi connectivity index (χ2n) is 6.44. The molecule has 0 amide bonds. The van der Waals surface area contributed by atoms with E-state index in [0.29, 0.717) is 17.9 Å². The molecule has 0 spiro atoms. The number of Topliss-reactive ketones (excluding diaryl/α,β-unsaturated/α-hetero) is 1. The van der Waals surface area contributed by atoms with Gasteiger partial charge in [0.25, 0.3) is 0 Å². The summed E-state index contributed by atoms with van der Waals surface area (Å²) in [4.78, 5) is 25.8. The average molecular weight is 317 g/mol. The van der Waals surface area contributed by atoms with Crippen molar-refractivity contribution < 1.29 is 19.1 Å². The third-order valence-electron chi connectivity index (χ3n) is 4.43. The first-order valence-corrected chi connectivity index (χ1v) is 8.29. The average Bonchev–Trinajstić information content (AvgIpc) is 2.99. The molecule has 0 radical (unpaired) electrons. The standard InChI is InChI=1S/C18H23NO4/c1-12-10-19(11-18(21)23-15-5-3-4-6-15)16-9-14(13(2)20)7-8-17(16)22-12/h7-9,12,15H,3-6,10-11H2,1-2H3. The first kappa shape index (κ1) is 15.8. The summed E-state index contributed by atoms with van der Waals surface area (Å²) in [5, 5.41) is 0. The van der Waals surface area contributed by atoms with Gasteiger partial charge in [0, 0.05) is 5.56 Å². The lowest BCUT2D eigenvalue weighted by molar-refractivity contribution is -0.147. The highest BCUT2D eigenvalue weighted by molar-refractivity contribution is 5.95. The molecule has 1 heterocycles. The van der Waals surface area contributed by atoms with Crippen LogP contribution in [0.15, 0.2) is 18.2 Å². The lowest BCUT2D eigenvalue weighted by Crippen LogP contribution is -2.42. The topological polar surface area (TPSA) is 55.8 Å². The maximum absolute atomic E-state index is 12.2. The van der Waals surface area contributed by atoms with E-state index < -0.39 is 0 Å². The lowest BCUT2D eigenvalue weighted by Gasteiger charge is -2.34. The summed E-state index contributed by atoms with van der Waals surface area (Å²) in [5.41, 5.74) is 1.41. The van der Waals surface area contributed by atoms with E-state index in [9.17, 15) is 9.59 Å². The smallest absolute Gasteiger partial charge is 0.325 e. The van der Waals surface area contributed by atoms with E-state index in [1.165, 1.54) is 6.92 Å². The zero-order chi connectivity index (χ0) is 16.4. The molecule has 1 aliphatic heterocycles. The van der Waals surface area contributed by atoms with Gasteiger partial charge in [-0.1, -0.05) is 0 Å². The van der Waals surface area contributed by atoms with Crippen molar-refractivity contribution in [1.29, 1.82) is 0 Å². The summed E-state index contributed by atoms with van der Waals surface area (Å²) < 4.78 is 11.4. The summed E-state index contributed by atoms with van der Waals surface area (Å²) in [6.45, 7) is 4.30. The van der Waals surface area contributed by atoms with Gasteiger partial charge in [-0.2, -0.15) is 0 Å². The van der Waals surface area contributed by atoms with Gasteiger partial charge >= 0.3 is 5.97 Å². The van der Waals surface area contributed by atoms with Crippen LogP contribution in [0.1, 0.15) is 49.9 Å². The molecule has 124 valence electrons. The third kappa shape index (κ3) is 3.66. The van der Waals surface area contributed by atoms with Crippen LogP contribution < -0.4 is 9.64 Å². The Morgan fingerprint density at radius 3 is 2.74 bits per heavy atom. The Morgan fingerprint density at radius 2 is 2.04 bits per heavy atom. The summed E-state index contributed by atoms with van der Waals surface area (Å²) in [5.74, 6) is 0.507. The highest BCUT2D eigenvalue weighted by Crippen LogP contribution is 2.34. The van der Waals surface area contributed by atoms with Crippen molar-refractivity contribution in [3.05, 3.63) is 23.8 Å². The molecule has 1 saturated carbocycles. The number of rotatable bonds is 4. The minimum Gasteiger partial charge on any atom is -0.487 e. The van der Waals surface area contributed by atoms with Gasteiger partial charge in [-0.15, -0.1) is 0 Å². The zero-order valence-corrected chi connectivity index (χ0v) is 13.7. The molecule has 0 aromatic heterocycles. The minimum atomic E-state index is -0.204. The van der Waals surface area contributed by atoms with E-state index in [0.717, 1.165) is 31.4 Å². The Bertz CT molecular complexity index is 607. The second-order valence-corrected chi connectivity index (χ2v) is 6.44. The van der Waals surface area contributed by atoms with E-state index in [2.05, 4.69) is 0 Å². The van der Waals surface area contributed by atoms with Crippen LogP contribution >= 0.6 is 0 Å². The molecule has 1 aliphatic carbocycles. The number of esters is 1. The summed E-state index contributed by atoms with van der Waals surface area (Å²) in [7, 11) is 0. The first-order valence-electron chi connectivity index (χ1n) is 8.29. The molecule has 1 aromatic rings. The molecule has 3 rings (SSSR count). The quantitative estimate of drug-likeness (QED) is 0.631. The van der Waals surface area contributed by atoms with Crippen molar-refractivity contribution in [1.82, 2.24) is 0 Å². The molecule has 2 aliphatic rings. The fourth-order valence-electron chi connectivity index (χ4n) is 3.28. The molecule has 23 heavy (non-hydrogen) atoms. The van der Waals surface area contributed by atoms with Gasteiger partial charge in [0.2, 0.25) is 0 Å². The minimum absolute atomic E-state index is 0.0000888. The van der Waals surface area contributed by atoms with Crippen LogP contribution in [-0.4, -0.2) is 37.0 Å². The Kier molecular flexibility index (Phi) is 4.55. The lowest BCUT2D eigenvalue weighted by atomic mass is 10.1. The molecular formula is C18H23NO4. The van der Waals surface area contributed by atoms with Crippen molar-refractivity contribution in [3.8, 4) is 5.75 Å². The Hall–Kier alpha value is -2.04. The molecule has 0 saturated heterocycles. The molecule has 0 N–H and O–H groups in total. The number of ketones is 1. The summed E-state index contributed by atoms with van der Waals surface area (Å²) >= 11 is 0. The molecule has 1 fully saturated rings. The molecule has 1 atom stereocenters. The van der Waals surface area contributed by atoms with Crippen LogP contribution in [0.4, 0.5) is 5.69 Å². The number of carbonyl (C=O) groups excluding carboxylic acids is 2. The second kappa shape index (κ2) is 6.60. The molecule has 1 aromatic carbocycles. The van der Waals surface area contributed by atoms with Crippen molar-refractivity contribution in [2.45, 2.75) is 51.7 Å². The van der Waals surface area contributed by atoms with Crippen LogP contribution in [0, 0.1) is 0 Å². The highest BCUT2D eigenvalue weighted by atomic mass is 16.5. The monoisotopic (exact) mass is 317 g/mol. The van der Waals surface area contributed by atoms with E-state index in [-0.39, 0.29) is 30.5 Å². The predicted molar refractivity (Wildman–Crippen MR) is 87.1 cm³/mol. The summed E-state index contributed by atoms with van der Waals surface area (Å²) in [6.07, 6.45) is 4.27. The van der Waals surface area contributed by atoms with Crippen LogP contribution in [0.25, 0.3) is 0 Å². The normalized spacial score (nSPS) is 20.8. The maximum Gasteiger partial charge on any atom is 0.325 e. The van der Waals surface area contributed by atoms with E-state index in [1.807, 2.05) is 11.8 Å². The number of nitrogens with zero attached hydrogens (tertiary/aromatic N) is 1. The number of anilines is 1. The van der Waals surface area contributed by atoms with Crippen molar-refractivity contribution in [3.63, 3.8) is 0 Å². The Morgan fingerprint density at radius 1 is 1.30 bits per heavy atom. The van der Waals surface area contributed by atoms with Crippen LogP contribution in [0.3, 0.4) is 0 Å². The van der Waals surface area contributed by atoms with E-state index >= 15 is 0 Å². The van der Waals surface area contributed by atoms with E-state index in [4.69, 9.17) is 9.47 Å². The van der Waals surface area contributed by atoms with Crippen LogP contribution in [0.5, 0.6) is 5.75 Å². The van der Waals surface area contributed by atoms with Gasteiger partial charge in [0.05, 0.1) is 12.2 Å². The SMILES string of the molecule is CC(=O)c1ccc2c(c1)N(CC(=O)OC1CCCC1)CC(C)O2. The first-order chi connectivity index (χ1) is 11.0. The number of hydrogen-bond acceptors (Lipinski definition) is 5. The number of fused-ring (bicyclic) bond motifs is 1. The van der Waals surface area contributed by atoms with E-state index in [1.54, 1.807) is 18.2 Å². The molecule has 5 heteroatoms. The number of benzene rings is 1. The number of ether oxygens (including phenoxy) is 2. The van der Waals surface area contributed by atoms with Crippen molar-refractivity contribution >= 4 is 17.4 Å². The van der Waals surface area contributed by atoms with Crippen LogP contribution in [-0.2, 0) is 9.53 Å². The fourth-order valence-corrected chi connectivity index (χ4v) is 3.28. The van der Waals surface area contributed by atoms with Gasteiger partial charge in [-0.3, -0.25) is 9.59 Å². The molecule has 5 nitrogen and oxygen atoms in total. The molecule has 0 bridgehead atoms. The zero-order valence-electron chi connectivity index (χ0n) is 13.7. The molecule has 1 unspecified atom stereocenters. The number of carbonyl (C=O) groups is 2. The van der Waals surface area contributed by atoms with Gasteiger partial charge < -0.3 is 14.4 Å². The number of hydrogen-bond donors (Lipinski definition) is 0. The van der Waals surface area contributed by atoms with Crippen LogP contribution in [0.2, 0.25) is 0 Å². The highest BCUT2D eigenvalue weighted by Gasteiger charge is 2.27. The van der Waals surface area contributed by atoms with Gasteiger partial charge in [-0.25, -0.2) is 0 Å². The van der Waals surface area contributed by atoms with Crippen molar-refractivity contribution in [2.24, 2.45) is 0 Å². The van der Waals surface area contributed by atoms with Gasteiger partial charge in [0.1, 0.15) is 24.5 Å². The largest absolute Gasteiger partial charge is 0.487 e. The summed E-state index contributed by atoms with van der Waals surface area (Å²) in [6, 6.07) is 5.36. The Balaban J connectivity index is 1.75. The third-order valence-corrected chi connectivity index (χ3v) is 4.43. The van der Waals surface area contributed by atoms with Crippen molar-refractivity contribution in [2.75, 3.05) is 18.0 Å². The fraction of sp³-hybridized carbons (Fsp3) is 0.556. The van der Waals surface area contributed by atoms with Gasteiger partial charge in [0.15, 0.2) is 5.78 Å². The Labute approximate surface area is 136 Å². The maximum atomic E-state index is 12.2. The predicted octanol–water partition coefficient (Wildman–Crippen LogP) is 2.96. The van der Waals surface area contributed by atoms with Gasteiger partial charge in [-0.05, 0) is 57.7 Å². The molecular weight excluding hydrogens is 294 g/mol.